The Morgan fingerprint density at radius 3 is 2.61 bits per heavy atom. The first kappa shape index (κ1) is 23.4. The molecule has 0 aliphatic heterocycles. The number of urea groups is 1. The molecule has 160 valence electrons. The minimum Gasteiger partial charge on any atom is -0.490 e. The van der Waals surface area contributed by atoms with E-state index in [0.29, 0.717) is 33.7 Å². The number of nitrogens with two attached hydrogens (primary N) is 1. The van der Waals surface area contributed by atoms with Crippen molar-refractivity contribution in [1.82, 2.24) is 5.32 Å². The van der Waals surface area contributed by atoms with Gasteiger partial charge in [0.05, 0.1) is 11.5 Å². The molecule has 2 rings (SSSR count). The van der Waals surface area contributed by atoms with Crippen LogP contribution in [-0.4, -0.2) is 23.5 Å². The maximum atomic E-state index is 11.9. The van der Waals surface area contributed by atoms with Crippen LogP contribution >= 0.6 is 15.9 Å². The molecule has 0 bridgehead atoms. The summed E-state index contributed by atoms with van der Waals surface area (Å²) in [7, 11) is 0. The van der Waals surface area contributed by atoms with Gasteiger partial charge < -0.3 is 15.2 Å². The number of non-ortho nitro benzene ring substituents is 1. The van der Waals surface area contributed by atoms with Gasteiger partial charge in [-0.15, -0.1) is 0 Å². The second-order valence-electron chi connectivity index (χ2n) is 5.96. The molecule has 0 saturated heterocycles. The van der Waals surface area contributed by atoms with Crippen molar-refractivity contribution in [2.75, 3.05) is 6.61 Å². The van der Waals surface area contributed by atoms with E-state index in [4.69, 9.17) is 15.2 Å². The molecule has 0 fully saturated rings. The zero-order valence-electron chi connectivity index (χ0n) is 16.3. The number of ether oxygens (including phenoxy) is 2. The molecule has 10 nitrogen and oxygen atoms in total. The Kier molecular flexibility index (Phi) is 8.10. The van der Waals surface area contributed by atoms with Crippen LogP contribution in [0, 0.1) is 21.4 Å². The summed E-state index contributed by atoms with van der Waals surface area (Å²) in [5.74, 6) is -0.265. The quantitative estimate of drug-likeness (QED) is 0.249. The number of nitrogens with one attached hydrogen (secondary N) is 1. The summed E-state index contributed by atoms with van der Waals surface area (Å²) in [6, 6.07) is 9.79. The minimum atomic E-state index is -1.08. The predicted molar refractivity (Wildman–Crippen MR) is 114 cm³/mol. The molecule has 0 radical (unpaired) electrons. The third kappa shape index (κ3) is 6.55. The SMILES string of the molecule is CCOc1cc(/C=C(/C#N)C(=O)NC(N)=O)c(Br)cc1OCc1cccc([N+](=O)[O-])c1. The molecule has 0 unspecified atom stereocenters. The Hall–Kier alpha value is -3.91. The van der Waals surface area contributed by atoms with Crippen LogP contribution in [0.4, 0.5) is 10.5 Å². The number of nitro benzene ring substituents is 1. The van der Waals surface area contributed by atoms with Crippen molar-refractivity contribution in [2.45, 2.75) is 13.5 Å². The first-order chi connectivity index (χ1) is 14.7. The van der Waals surface area contributed by atoms with E-state index in [2.05, 4.69) is 15.9 Å². The fourth-order valence-electron chi connectivity index (χ4n) is 2.45. The highest BCUT2D eigenvalue weighted by Crippen LogP contribution is 2.35. The lowest BCUT2D eigenvalue weighted by molar-refractivity contribution is -0.384. The van der Waals surface area contributed by atoms with E-state index < -0.39 is 16.9 Å². The number of halogens is 1. The number of hydrogen-bond donors (Lipinski definition) is 2. The van der Waals surface area contributed by atoms with E-state index in [-0.39, 0.29) is 17.9 Å². The summed E-state index contributed by atoms with van der Waals surface area (Å²) in [5, 5.41) is 22.0. The molecular formula is C20H17BrN4O6. The van der Waals surface area contributed by atoms with Crippen molar-refractivity contribution in [2.24, 2.45) is 5.73 Å². The van der Waals surface area contributed by atoms with Crippen LogP contribution < -0.4 is 20.5 Å². The lowest BCUT2D eigenvalue weighted by Crippen LogP contribution is -2.35. The molecule has 2 aromatic rings. The van der Waals surface area contributed by atoms with Crippen molar-refractivity contribution in [3.63, 3.8) is 0 Å². The van der Waals surface area contributed by atoms with Crippen LogP contribution in [0.1, 0.15) is 18.1 Å². The van der Waals surface area contributed by atoms with Crippen LogP contribution in [-0.2, 0) is 11.4 Å². The molecule has 31 heavy (non-hydrogen) atoms. The lowest BCUT2D eigenvalue weighted by Gasteiger charge is -2.14. The third-order valence-electron chi connectivity index (χ3n) is 3.78. The van der Waals surface area contributed by atoms with E-state index >= 15 is 0 Å². The number of imide groups is 1. The molecule has 0 heterocycles. The average molecular weight is 489 g/mol. The van der Waals surface area contributed by atoms with Crippen LogP contribution in [0.2, 0.25) is 0 Å². The van der Waals surface area contributed by atoms with E-state index in [1.54, 1.807) is 37.3 Å². The van der Waals surface area contributed by atoms with Crippen molar-refractivity contribution in [1.29, 1.82) is 5.26 Å². The van der Waals surface area contributed by atoms with Crippen molar-refractivity contribution in [3.05, 3.63) is 67.7 Å². The number of nitriles is 1. The summed E-state index contributed by atoms with van der Waals surface area (Å²) in [5.41, 5.74) is 5.53. The Morgan fingerprint density at radius 2 is 2.00 bits per heavy atom. The largest absolute Gasteiger partial charge is 0.490 e. The number of nitrogens with zero attached hydrogens (tertiary/aromatic N) is 2. The number of amides is 3. The van der Waals surface area contributed by atoms with Gasteiger partial charge in [-0.2, -0.15) is 5.26 Å². The second kappa shape index (κ2) is 10.7. The van der Waals surface area contributed by atoms with E-state index in [0.717, 1.165) is 0 Å². The maximum Gasteiger partial charge on any atom is 0.319 e. The molecule has 0 aliphatic rings. The van der Waals surface area contributed by atoms with Gasteiger partial charge in [-0.25, -0.2) is 4.79 Å². The normalized spacial score (nSPS) is 10.7. The van der Waals surface area contributed by atoms with Gasteiger partial charge in [-0.1, -0.05) is 28.1 Å². The lowest BCUT2D eigenvalue weighted by atomic mass is 10.1. The first-order valence-corrected chi connectivity index (χ1v) is 9.59. The zero-order chi connectivity index (χ0) is 23.0. The summed E-state index contributed by atoms with van der Waals surface area (Å²) in [6.45, 7) is 2.13. The number of carbonyl (C=O) groups excluding carboxylic acids is 2. The zero-order valence-corrected chi connectivity index (χ0v) is 17.8. The van der Waals surface area contributed by atoms with Gasteiger partial charge in [-0.3, -0.25) is 20.2 Å². The molecule has 3 amide bonds. The van der Waals surface area contributed by atoms with Gasteiger partial charge in [0.2, 0.25) is 0 Å². The van der Waals surface area contributed by atoms with Crippen molar-refractivity contribution >= 4 is 39.6 Å². The number of hydrogen-bond acceptors (Lipinski definition) is 7. The highest BCUT2D eigenvalue weighted by Gasteiger charge is 2.15. The summed E-state index contributed by atoms with van der Waals surface area (Å²) in [6.07, 6.45) is 1.26. The summed E-state index contributed by atoms with van der Waals surface area (Å²) >= 11 is 3.34. The highest BCUT2D eigenvalue weighted by molar-refractivity contribution is 9.10. The van der Waals surface area contributed by atoms with Gasteiger partial charge in [0.25, 0.3) is 11.6 Å². The Morgan fingerprint density at radius 1 is 1.29 bits per heavy atom. The number of benzene rings is 2. The molecule has 11 heteroatoms. The molecule has 3 N–H and O–H groups in total. The minimum absolute atomic E-state index is 0.0494. The van der Waals surface area contributed by atoms with Crippen LogP contribution in [0.25, 0.3) is 6.08 Å². The third-order valence-corrected chi connectivity index (χ3v) is 4.47. The topological polar surface area (TPSA) is 158 Å². The molecule has 0 saturated carbocycles. The Bertz CT molecular complexity index is 1090. The number of carbonyl (C=O) groups is 2. The predicted octanol–water partition coefficient (Wildman–Crippen LogP) is 3.44. The fraction of sp³-hybridized carbons (Fsp3) is 0.150. The van der Waals surface area contributed by atoms with Gasteiger partial charge in [0.1, 0.15) is 18.2 Å². The second-order valence-corrected chi connectivity index (χ2v) is 6.81. The molecule has 0 atom stereocenters. The van der Waals surface area contributed by atoms with Gasteiger partial charge in [-0.05, 0) is 36.3 Å². The number of primary amides is 1. The molecule has 0 aliphatic carbocycles. The van der Waals surface area contributed by atoms with Gasteiger partial charge in [0.15, 0.2) is 11.5 Å². The molecular weight excluding hydrogens is 472 g/mol. The Balaban J connectivity index is 2.33. The monoisotopic (exact) mass is 488 g/mol. The van der Waals surface area contributed by atoms with E-state index in [1.807, 2.05) is 5.32 Å². The summed E-state index contributed by atoms with van der Waals surface area (Å²) < 4.78 is 11.8. The molecule has 2 aromatic carbocycles. The van der Waals surface area contributed by atoms with Crippen molar-refractivity contribution in [3.8, 4) is 17.6 Å². The van der Waals surface area contributed by atoms with E-state index in [1.165, 1.54) is 18.2 Å². The average Bonchev–Trinajstić information content (AvgIpc) is 2.72. The van der Waals surface area contributed by atoms with Crippen LogP contribution in [0.5, 0.6) is 11.5 Å². The standard InChI is InChI=1S/C20H17BrN4O6/c1-2-30-17-8-13(7-14(10-22)19(26)24-20(23)27)16(21)9-18(17)31-11-12-4-3-5-15(6-12)25(28)29/h3-9H,2,11H2,1H3,(H3,23,24,26,27)/b14-7-. The van der Waals surface area contributed by atoms with Gasteiger partial charge >= 0.3 is 6.03 Å². The molecule has 0 spiro atoms. The Labute approximate surface area is 185 Å². The van der Waals surface area contributed by atoms with Gasteiger partial charge in [0, 0.05) is 16.6 Å². The first-order valence-electron chi connectivity index (χ1n) is 8.80. The van der Waals surface area contributed by atoms with Crippen LogP contribution in [0.3, 0.4) is 0 Å². The van der Waals surface area contributed by atoms with Crippen molar-refractivity contribution < 1.29 is 24.0 Å². The number of rotatable bonds is 8. The van der Waals surface area contributed by atoms with Crippen LogP contribution in [0.15, 0.2) is 46.4 Å². The smallest absolute Gasteiger partial charge is 0.319 e. The highest BCUT2D eigenvalue weighted by atomic mass is 79.9. The molecule has 0 aromatic heterocycles. The fourth-order valence-corrected chi connectivity index (χ4v) is 2.88. The number of nitro groups is 1. The maximum absolute atomic E-state index is 11.9. The van der Waals surface area contributed by atoms with E-state index in [9.17, 15) is 25.0 Å². The summed E-state index contributed by atoms with van der Waals surface area (Å²) in [4.78, 5) is 33.2.